The van der Waals surface area contributed by atoms with Crippen molar-refractivity contribution in [1.82, 2.24) is 15.5 Å². The number of carbonyl (C=O) groups excluding carboxylic acids is 1. The number of amides is 1. The van der Waals surface area contributed by atoms with E-state index in [1.807, 2.05) is 19.9 Å². The molecule has 2 rings (SSSR count). The number of hydrogen-bond acceptors (Lipinski definition) is 3. The van der Waals surface area contributed by atoms with Gasteiger partial charge >= 0.3 is 0 Å². The van der Waals surface area contributed by atoms with E-state index in [0.29, 0.717) is 11.0 Å². The Balaban J connectivity index is 2.02. The van der Waals surface area contributed by atoms with Crippen molar-refractivity contribution >= 4 is 21.8 Å². The van der Waals surface area contributed by atoms with Crippen molar-refractivity contribution in [3.05, 3.63) is 23.0 Å². The quantitative estimate of drug-likeness (QED) is 0.818. The molecule has 1 aromatic heterocycles. The van der Waals surface area contributed by atoms with E-state index >= 15 is 0 Å². The van der Waals surface area contributed by atoms with Crippen molar-refractivity contribution < 1.29 is 4.79 Å². The second kappa shape index (κ2) is 5.99. The minimum atomic E-state index is -0.0179. The maximum atomic E-state index is 12.3. The highest BCUT2D eigenvalue weighted by molar-refractivity contribution is 9.09. The molecule has 0 aliphatic heterocycles. The zero-order chi connectivity index (χ0) is 13.9. The molecule has 104 valence electrons. The topological polar surface area (TPSA) is 54.9 Å². The molecule has 1 amide bonds. The molecule has 1 heterocycles. The number of halogens is 1. The maximum absolute atomic E-state index is 12.3. The van der Waals surface area contributed by atoms with Crippen molar-refractivity contribution in [2.45, 2.75) is 39.5 Å². The average molecular weight is 326 g/mol. The minimum Gasteiger partial charge on any atom is -0.351 e. The van der Waals surface area contributed by atoms with Crippen LogP contribution in [0.1, 0.15) is 47.9 Å². The smallest absolute Gasteiger partial charge is 0.253 e. The maximum Gasteiger partial charge on any atom is 0.253 e. The summed E-state index contributed by atoms with van der Waals surface area (Å²) in [6, 6.07) is 1.82. The highest BCUT2D eigenvalue weighted by Gasteiger charge is 2.41. The lowest BCUT2D eigenvalue weighted by Crippen LogP contribution is -2.31. The summed E-state index contributed by atoms with van der Waals surface area (Å²) in [5, 5.41) is 12.2. The van der Waals surface area contributed by atoms with E-state index in [1.54, 1.807) is 0 Å². The van der Waals surface area contributed by atoms with Crippen LogP contribution in [0.25, 0.3) is 0 Å². The fourth-order valence-electron chi connectivity index (χ4n) is 2.23. The average Bonchev–Trinajstić information content (AvgIpc) is 3.17. The molecule has 4 nitrogen and oxygen atoms in total. The van der Waals surface area contributed by atoms with Crippen LogP contribution in [0.15, 0.2) is 6.07 Å². The van der Waals surface area contributed by atoms with Crippen LogP contribution in [0.5, 0.6) is 0 Å². The number of aryl methyl sites for hydroxylation is 2. The second-order valence-electron chi connectivity index (χ2n) is 5.32. The summed E-state index contributed by atoms with van der Waals surface area (Å²) in [5.74, 6) is -0.0179. The number of nitrogens with zero attached hydrogens (tertiary/aromatic N) is 2. The first-order valence-corrected chi connectivity index (χ1v) is 7.90. The number of nitrogens with one attached hydrogen (secondary N) is 1. The van der Waals surface area contributed by atoms with Gasteiger partial charge in [0.05, 0.1) is 17.0 Å². The van der Waals surface area contributed by atoms with E-state index in [4.69, 9.17) is 0 Å². The van der Waals surface area contributed by atoms with Gasteiger partial charge in [-0.05, 0) is 44.1 Å². The Morgan fingerprint density at radius 3 is 2.79 bits per heavy atom. The molecule has 1 N–H and O–H groups in total. The molecule has 5 heteroatoms. The Kier molecular flexibility index (Phi) is 4.55. The minimum absolute atomic E-state index is 0.0179. The van der Waals surface area contributed by atoms with Crippen molar-refractivity contribution in [3.8, 4) is 0 Å². The number of alkyl halides is 1. The van der Waals surface area contributed by atoms with Crippen LogP contribution < -0.4 is 5.32 Å². The summed E-state index contributed by atoms with van der Waals surface area (Å²) >= 11 is 3.48. The Morgan fingerprint density at radius 2 is 2.21 bits per heavy atom. The normalized spacial score (nSPS) is 16.2. The van der Waals surface area contributed by atoms with Gasteiger partial charge in [0.15, 0.2) is 0 Å². The monoisotopic (exact) mass is 325 g/mol. The molecule has 1 aliphatic carbocycles. The first-order chi connectivity index (χ1) is 9.10. The van der Waals surface area contributed by atoms with Gasteiger partial charge in [-0.2, -0.15) is 10.2 Å². The highest BCUT2D eigenvalue weighted by Crippen LogP contribution is 2.48. The zero-order valence-corrected chi connectivity index (χ0v) is 13.1. The van der Waals surface area contributed by atoms with Crippen molar-refractivity contribution in [2.75, 3.05) is 11.9 Å². The van der Waals surface area contributed by atoms with E-state index in [0.717, 1.165) is 36.1 Å². The molecule has 0 radical (unpaired) electrons. The predicted molar refractivity (Wildman–Crippen MR) is 78.6 cm³/mol. The lowest BCUT2D eigenvalue weighted by atomic mass is 10.0. The standard InChI is InChI=1S/C14H20BrN3O/c1-3-12-11(8-10(2)17-18-12)13(19)16-9-14(4-5-14)6-7-15/h8H,3-7,9H2,1-2H3,(H,16,19). The third kappa shape index (κ3) is 3.53. The number of aromatic nitrogens is 2. The lowest BCUT2D eigenvalue weighted by Gasteiger charge is -2.15. The lowest BCUT2D eigenvalue weighted by molar-refractivity contribution is 0.0942. The van der Waals surface area contributed by atoms with Gasteiger partial charge in [0.25, 0.3) is 5.91 Å². The van der Waals surface area contributed by atoms with E-state index in [1.165, 1.54) is 12.8 Å². The van der Waals surface area contributed by atoms with Crippen molar-refractivity contribution in [3.63, 3.8) is 0 Å². The van der Waals surface area contributed by atoms with E-state index in [9.17, 15) is 4.79 Å². The molecular weight excluding hydrogens is 306 g/mol. The van der Waals surface area contributed by atoms with Crippen LogP contribution in [0, 0.1) is 12.3 Å². The fourth-order valence-corrected chi connectivity index (χ4v) is 3.07. The van der Waals surface area contributed by atoms with Gasteiger partial charge in [0.1, 0.15) is 0 Å². The molecule has 0 bridgehead atoms. The molecule has 0 spiro atoms. The summed E-state index contributed by atoms with van der Waals surface area (Å²) in [6.07, 6.45) is 4.28. The molecule has 1 aliphatic rings. The van der Waals surface area contributed by atoms with Gasteiger partial charge in [-0.15, -0.1) is 0 Å². The van der Waals surface area contributed by atoms with Crippen LogP contribution in [-0.4, -0.2) is 28.0 Å². The molecule has 1 aromatic rings. The Morgan fingerprint density at radius 1 is 1.47 bits per heavy atom. The fraction of sp³-hybridized carbons (Fsp3) is 0.643. The molecule has 0 atom stereocenters. The van der Waals surface area contributed by atoms with Gasteiger partial charge in [0, 0.05) is 11.9 Å². The largest absolute Gasteiger partial charge is 0.351 e. The second-order valence-corrected chi connectivity index (χ2v) is 6.11. The molecule has 1 fully saturated rings. The molecular formula is C14H20BrN3O. The van der Waals surface area contributed by atoms with E-state index in [-0.39, 0.29) is 5.91 Å². The van der Waals surface area contributed by atoms with Crippen molar-refractivity contribution in [2.24, 2.45) is 5.41 Å². The zero-order valence-electron chi connectivity index (χ0n) is 11.5. The third-order valence-electron chi connectivity index (χ3n) is 3.78. The summed E-state index contributed by atoms with van der Waals surface area (Å²) in [5.41, 5.74) is 2.56. The van der Waals surface area contributed by atoms with E-state index < -0.39 is 0 Å². The number of hydrogen-bond donors (Lipinski definition) is 1. The molecule has 0 unspecified atom stereocenters. The summed E-state index contributed by atoms with van der Waals surface area (Å²) in [6.45, 7) is 4.61. The van der Waals surface area contributed by atoms with Crippen LogP contribution in [0.3, 0.4) is 0 Å². The predicted octanol–water partition coefficient (Wildman–Crippen LogP) is 2.64. The van der Waals surface area contributed by atoms with Crippen LogP contribution in [0.4, 0.5) is 0 Å². The number of carbonyl (C=O) groups is 1. The first-order valence-electron chi connectivity index (χ1n) is 6.77. The van der Waals surface area contributed by atoms with Gasteiger partial charge in [-0.25, -0.2) is 0 Å². The molecule has 0 saturated heterocycles. The third-order valence-corrected chi connectivity index (χ3v) is 4.17. The molecule has 0 aromatic carbocycles. The Labute approximate surface area is 122 Å². The molecule has 1 saturated carbocycles. The Hall–Kier alpha value is -0.970. The highest BCUT2D eigenvalue weighted by atomic mass is 79.9. The van der Waals surface area contributed by atoms with Gasteiger partial charge in [0.2, 0.25) is 0 Å². The summed E-state index contributed by atoms with van der Waals surface area (Å²) in [4.78, 5) is 12.3. The Bertz CT molecular complexity index is 472. The number of rotatable bonds is 6. The first kappa shape index (κ1) is 14.4. The van der Waals surface area contributed by atoms with Gasteiger partial charge in [-0.1, -0.05) is 22.9 Å². The molecule has 19 heavy (non-hydrogen) atoms. The van der Waals surface area contributed by atoms with Gasteiger partial charge < -0.3 is 5.32 Å². The van der Waals surface area contributed by atoms with Crippen LogP contribution in [0.2, 0.25) is 0 Å². The summed E-state index contributed by atoms with van der Waals surface area (Å²) < 4.78 is 0. The van der Waals surface area contributed by atoms with Crippen molar-refractivity contribution in [1.29, 1.82) is 0 Å². The van der Waals surface area contributed by atoms with Gasteiger partial charge in [-0.3, -0.25) is 4.79 Å². The van der Waals surface area contributed by atoms with Crippen LogP contribution >= 0.6 is 15.9 Å². The SMILES string of the molecule is CCc1nnc(C)cc1C(=O)NCC1(CCBr)CC1. The van der Waals surface area contributed by atoms with E-state index in [2.05, 4.69) is 31.4 Å². The summed E-state index contributed by atoms with van der Waals surface area (Å²) in [7, 11) is 0. The van der Waals surface area contributed by atoms with Crippen LogP contribution in [-0.2, 0) is 6.42 Å².